The van der Waals surface area contributed by atoms with Gasteiger partial charge in [0.05, 0.1) is 16.2 Å². The molecule has 1 aromatic heterocycles. The van der Waals surface area contributed by atoms with Gasteiger partial charge in [-0.25, -0.2) is 4.39 Å². The molecule has 31 heavy (non-hydrogen) atoms. The van der Waals surface area contributed by atoms with E-state index in [9.17, 15) is 22.8 Å². The molecule has 0 amide bonds. The zero-order valence-corrected chi connectivity index (χ0v) is 16.6. The summed E-state index contributed by atoms with van der Waals surface area (Å²) in [5.41, 5.74) is -2.45. The van der Waals surface area contributed by atoms with Crippen LogP contribution < -0.4 is 5.32 Å². The molecule has 0 bridgehead atoms. The normalized spacial score (nSPS) is 12.2. The predicted molar refractivity (Wildman–Crippen MR) is 108 cm³/mol. The van der Waals surface area contributed by atoms with Gasteiger partial charge < -0.3 is 15.2 Å². The highest BCUT2D eigenvalue weighted by molar-refractivity contribution is 6.33. The molecule has 3 rings (SSSR count). The number of nitrogens with zero attached hydrogens (tertiary/aromatic N) is 2. The number of hydrogen-bond acceptors (Lipinski definition) is 5. The van der Waals surface area contributed by atoms with Crippen molar-refractivity contribution >= 4 is 29.1 Å². The Morgan fingerprint density at radius 3 is 2.55 bits per heavy atom. The van der Waals surface area contributed by atoms with Crippen molar-refractivity contribution in [2.24, 2.45) is 0 Å². The number of benzene rings is 2. The van der Waals surface area contributed by atoms with E-state index in [0.717, 1.165) is 6.07 Å². The molecular weight excluding hydrogens is 436 g/mol. The lowest BCUT2D eigenvalue weighted by molar-refractivity contribution is -0.0896. The minimum Gasteiger partial charge on any atom is -0.354 e. The highest BCUT2D eigenvalue weighted by atomic mass is 35.5. The number of nitriles is 1. The second-order valence-electron chi connectivity index (χ2n) is 6.37. The van der Waals surface area contributed by atoms with Crippen LogP contribution in [0.25, 0.3) is 16.8 Å². The second-order valence-corrected chi connectivity index (χ2v) is 6.78. The first-order valence-corrected chi connectivity index (χ1v) is 9.05. The lowest BCUT2D eigenvalue weighted by atomic mass is 10.0. The Balaban J connectivity index is 2.24. The van der Waals surface area contributed by atoms with Crippen molar-refractivity contribution in [3.63, 3.8) is 0 Å². The fourth-order valence-corrected chi connectivity index (χ4v) is 3.13. The van der Waals surface area contributed by atoms with Crippen LogP contribution in [0.3, 0.4) is 0 Å². The maximum atomic E-state index is 14.3. The van der Waals surface area contributed by atoms with E-state index in [1.54, 1.807) is 25.1 Å². The summed E-state index contributed by atoms with van der Waals surface area (Å²) in [6.07, 6.45) is -4.55. The van der Waals surface area contributed by atoms with Crippen LogP contribution in [-0.2, 0) is 0 Å². The van der Waals surface area contributed by atoms with Crippen molar-refractivity contribution in [2.45, 2.75) is 13.1 Å². The van der Waals surface area contributed by atoms with E-state index in [2.05, 4.69) is 10.5 Å². The quantitative estimate of drug-likeness (QED) is 0.352. The molecule has 0 atom stereocenters. The molecular formula is C21H13ClF4N4O. The van der Waals surface area contributed by atoms with Gasteiger partial charge in [0.2, 0.25) is 0 Å². The lowest BCUT2D eigenvalue weighted by Gasteiger charge is -2.17. The molecule has 0 fully saturated rings. The summed E-state index contributed by atoms with van der Waals surface area (Å²) in [5.74, 6) is -1.47. The Labute approximate surface area is 179 Å². The highest BCUT2D eigenvalue weighted by Crippen LogP contribution is 2.38. The van der Waals surface area contributed by atoms with Gasteiger partial charge in [-0.1, -0.05) is 35.0 Å². The highest BCUT2D eigenvalue weighted by Gasteiger charge is 2.39. The fourth-order valence-electron chi connectivity index (χ4n) is 2.88. The van der Waals surface area contributed by atoms with Gasteiger partial charge in [0, 0.05) is 11.9 Å². The molecule has 2 aromatic carbocycles. The smallest absolute Gasteiger partial charge is 0.354 e. The first-order chi connectivity index (χ1) is 14.7. The third kappa shape index (κ3) is 4.44. The van der Waals surface area contributed by atoms with E-state index < -0.39 is 34.6 Å². The molecule has 158 valence electrons. The van der Waals surface area contributed by atoms with Crippen molar-refractivity contribution in [1.82, 2.24) is 5.16 Å². The summed E-state index contributed by atoms with van der Waals surface area (Å²) < 4.78 is 60.9. The standard InChI is InChI=1S/C21H13ClF4N4O/c1-11-4-2-5-12(8-11)29-20(21(24,25)26)14(10-28)19-13(9-27)18(30-31-19)17-15(22)6-3-7-16(17)23/h2-8,10,28-29H,1H3/b20-14+,28-10?. The molecule has 0 aliphatic heterocycles. The zero-order chi connectivity index (χ0) is 22.8. The summed E-state index contributed by atoms with van der Waals surface area (Å²) in [4.78, 5) is 0. The number of nitrogens with one attached hydrogen (secondary N) is 2. The van der Waals surface area contributed by atoms with Crippen molar-refractivity contribution in [3.8, 4) is 17.3 Å². The Morgan fingerprint density at radius 1 is 1.26 bits per heavy atom. The van der Waals surface area contributed by atoms with E-state index in [1.807, 2.05) is 0 Å². The molecule has 0 radical (unpaired) electrons. The van der Waals surface area contributed by atoms with E-state index in [4.69, 9.17) is 21.5 Å². The molecule has 0 unspecified atom stereocenters. The molecule has 0 aliphatic carbocycles. The van der Waals surface area contributed by atoms with Gasteiger partial charge >= 0.3 is 6.18 Å². The molecule has 0 saturated carbocycles. The van der Waals surface area contributed by atoms with Gasteiger partial charge in [-0.3, -0.25) is 0 Å². The molecule has 0 spiro atoms. The maximum absolute atomic E-state index is 14.3. The van der Waals surface area contributed by atoms with Crippen LogP contribution in [0.5, 0.6) is 0 Å². The van der Waals surface area contributed by atoms with Gasteiger partial charge in [-0.2, -0.15) is 18.4 Å². The summed E-state index contributed by atoms with van der Waals surface area (Å²) in [6, 6.07) is 11.5. The largest absolute Gasteiger partial charge is 0.432 e. The minimum absolute atomic E-state index is 0.106. The number of aryl methyl sites for hydroxylation is 1. The number of allylic oxidation sites excluding steroid dienone is 2. The number of alkyl halides is 3. The lowest BCUT2D eigenvalue weighted by Crippen LogP contribution is -2.21. The van der Waals surface area contributed by atoms with Crippen molar-refractivity contribution in [2.75, 3.05) is 5.32 Å². The number of rotatable bonds is 5. The monoisotopic (exact) mass is 448 g/mol. The second kappa shape index (κ2) is 8.62. The third-order valence-electron chi connectivity index (χ3n) is 4.23. The molecule has 0 aliphatic rings. The van der Waals surface area contributed by atoms with Crippen LogP contribution >= 0.6 is 11.6 Å². The van der Waals surface area contributed by atoms with E-state index in [0.29, 0.717) is 11.8 Å². The first kappa shape index (κ1) is 22.1. The van der Waals surface area contributed by atoms with E-state index >= 15 is 0 Å². The summed E-state index contributed by atoms with van der Waals surface area (Å²) >= 11 is 5.99. The van der Waals surface area contributed by atoms with Crippen molar-refractivity contribution in [3.05, 3.63) is 75.9 Å². The fraction of sp³-hybridized carbons (Fsp3) is 0.0952. The topological polar surface area (TPSA) is 85.7 Å². The molecule has 2 N–H and O–H groups in total. The molecule has 5 nitrogen and oxygen atoms in total. The van der Waals surface area contributed by atoms with Gasteiger partial charge in [0.1, 0.15) is 28.8 Å². The average molecular weight is 449 g/mol. The molecule has 1 heterocycles. The molecule has 10 heteroatoms. The van der Waals surface area contributed by atoms with Gasteiger partial charge in [0.15, 0.2) is 5.76 Å². The Morgan fingerprint density at radius 2 is 1.97 bits per heavy atom. The number of halogens is 5. The third-order valence-corrected chi connectivity index (χ3v) is 4.55. The minimum atomic E-state index is -4.94. The number of aromatic nitrogens is 1. The average Bonchev–Trinajstić information content (AvgIpc) is 3.10. The van der Waals surface area contributed by atoms with Crippen LogP contribution in [0.15, 0.2) is 52.7 Å². The van der Waals surface area contributed by atoms with E-state index in [-0.39, 0.29) is 22.0 Å². The predicted octanol–water partition coefficient (Wildman–Crippen LogP) is 6.35. The van der Waals surface area contributed by atoms with Crippen LogP contribution in [0.2, 0.25) is 5.02 Å². The van der Waals surface area contributed by atoms with Crippen molar-refractivity contribution in [1.29, 1.82) is 10.7 Å². The van der Waals surface area contributed by atoms with Gasteiger partial charge in [0.25, 0.3) is 0 Å². The SMILES string of the molecule is Cc1cccc(N/C(=C(\C=N)c2onc(-c3c(F)cccc3Cl)c2C#N)C(F)(F)F)c1. The van der Waals surface area contributed by atoms with Gasteiger partial charge in [-0.15, -0.1) is 0 Å². The maximum Gasteiger partial charge on any atom is 0.432 e. The van der Waals surface area contributed by atoms with Gasteiger partial charge in [-0.05, 0) is 36.8 Å². The van der Waals surface area contributed by atoms with Crippen molar-refractivity contribution < 1.29 is 22.1 Å². The number of anilines is 1. The number of hydrogen-bond donors (Lipinski definition) is 2. The van der Waals surface area contributed by atoms with Crippen LogP contribution in [0.4, 0.5) is 23.2 Å². The van der Waals surface area contributed by atoms with Crippen LogP contribution in [0.1, 0.15) is 16.9 Å². The molecule has 3 aromatic rings. The van der Waals surface area contributed by atoms with E-state index in [1.165, 1.54) is 24.3 Å². The Bertz CT molecular complexity index is 1200. The molecule has 0 saturated heterocycles. The summed E-state index contributed by atoms with van der Waals surface area (Å²) in [6.45, 7) is 1.70. The van der Waals surface area contributed by atoms with Crippen LogP contribution in [0, 0.1) is 29.5 Å². The Hall–Kier alpha value is -3.64. The zero-order valence-electron chi connectivity index (χ0n) is 15.8. The van der Waals surface area contributed by atoms with Crippen LogP contribution in [-0.4, -0.2) is 17.5 Å². The summed E-state index contributed by atoms with van der Waals surface area (Å²) in [7, 11) is 0. The Kier molecular flexibility index (Phi) is 6.13. The first-order valence-electron chi connectivity index (χ1n) is 8.67. The summed E-state index contributed by atoms with van der Waals surface area (Å²) in [5, 5.41) is 22.8.